The third-order valence-corrected chi connectivity index (χ3v) is 4.45. The van der Waals surface area contributed by atoms with Gasteiger partial charge in [0, 0.05) is 15.5 Å². The van der Waals surface area contributed by atoms with Crippen molar-refractivity contribution in [3.8, 4) is 11.8 Å². The second-order valence-corrected chi connectivity index (χ2v) is 5.81. The standard InChI is InChI=1S/C14H10F2OS2/c15-13-6-5-11(8-14(13)16)18-9-12-4-3-10(19-12)2-1-7-17/h3-6,8,17H,7,9H2. The Morgan fingerprint density at radius 2 is 2.00 bits per heavy atom. The number of thioether (sulfide) groups is 1. The molecule has 0 spiro atoms. The van der Waals surface area contributed by atoms with Gasteiger partial charge in [0.05, 0.1) is 4.88 Å². The lowest BCUT2D eigenvalue weighted by Gasteiger charge is -2.00. The SMILES string of the molecule is OCC#Cc1ccc(CSc2ccc(F)c(F)c2)s1. The predicted octanol–water partition coefficient (Wildman–Crippen LogP) is 3.66. The average molecular weight is 296 g/mol. The molecule has 0 amide bonds. The van der Waals surface area contributed by atoms with E-state index in [1.165, 1.54) is 29.2 Å². The van der Waals surface area contributed by atoms with Crippen LogP contribution in [0.15, 0.2) is 35.2 Å². The zero-order chi connectivity index (χ0) is 13.7. The summed E-state index contributed by atoms with van der Waals surface area (Å²) in [6.07, 6.45) is 0. The van der Waals surface area contributed by atoms with Crippen molar-refractivity contribution in [2.24, 2.45) is 0 Å². The van der Waals surface area contributed by atoms with Crippen LogP contribution in [0, 0.1) is 23.5 Å². The minimum absolute atomic E-state index is 0.156. The molecule has 1 N–H and O–H groups in total. The number of hydrogen-bond acceptors (Lipinski definition) is 3. The minimum atomic E-state index is -0.831. The maximum atomic E-state index is 13.0. The number of thiophene rings is 1. The van der Waals surface area contributed by atoms with Gasteiger partial charge in [0.1, 0.15) is 6.61 Å². The van der Waals surface area contributed by atoms with Gasteiger partial charge in [-0.2, -0.15) is 0 Å². The highest BCUT2D eigenvalue weighted by Crippen LogP contribution is 2.27. The molecule has 0 aliphatic rings. The van der Waals surface area contributed by atoms with Crippen LogP contribution in [0.1, 0.15) is 9.75 Å². The molecule has 1 heterocycles. The van der Waals surface area contributed by atoms with Gasteiger partial charge in [-0.25, -0.2) is 8.78 Å². The van der Waals surface area contributed by atoms with Crippen molar-refractivity contribution in [3.63, 3.8) is 0 Å². The van der Waals surface area contributed by atoms with Crippen LogP contribution in [-0.2, 0) is 5.75 Å². The first-order valence-corrected chi connectivity index (χ1v) is 7.25. The highest BCUT2D eigenvalue weighted by atomic mass is 32.2. The first-order valence-electron chi connectivity index (χ1n) is 5.45. The molecule has 0 aliphatic heterocycles. The van der Waals surface area contributed by atoms with Gasteiger partial charge < -0.3 is 5.11 Å². The van der Waals surface area contributed by atoms with Gasteiger partial charge in [-0.05, 0) is 30.3 Å². The Balaban J connectivity index is 1.98. The van der Waals surface area contributed by atoms with Crippen LogP contribution in [0.3, 0.4) is 0 Å². The molecule has 2 rings (SSSR count). The summed E-state index contributed by atoms with van der Waals surface area (Å²) in [5.41, 5.74) is 0. The maximum Gasteiger partial charge on any atom is 0.159 e. The van der Waals surface area contributed by atoms with Crippen LogP contribution in [0.2, 0.25) is 0 Å². The first kappa shape index (κ1) is 14.1. The highest BCUT2D eigenvalue weighted by Gasteiger charge is 2.04. The molecule has 0 unspecified atom stereocenters. The zero-order valence-corrected chi connectivity index (χ0v) is 11.5. The number of halogens is 2. The van der Waals surface area contributed by atoms with Crippen molar-refractivity contribution in [1.29, 1.82) is 0 Å². The van der Waals surface area contributed by atoms with E-state index in [0.29, 0.717) is 10.6 Å². The molecule has 2 aromatic rings. The highest BCUT2D eigenvalue weighted by molar-refractivity contribution is 7.98. The van der Waals surface area contributed by atoms with Gasteiger partial charge >= 0.3 is 0 Å². The normalized spacial score (nSPS) is 10.1. The van der Waals surface area contributed by atoms with E-state index in [-0.39, 0.29) is 6.61 Å². The Labute approximate surface area is 118 Å². The summed E-state index contributed by atoms with van der Waals surface area (Å²) in [5.74, 6) is 4.43. The predicted molar refractivity (Wildman–Crippen MR) is 74.2 cm³/mol. The summed E-state index contributed by atoms with van der Waals surface area (Å²) >= 11 is 2.97. The second-order valence-electron chi connectivity index (χ2n) is 3.59. The van der Waals surface area contributed by atoms with E-state index in [9.17, 15) is 8.78 Å². The maximum absolute atomic E-state index is 13.0. The van der Waals surface area contributed by atoms with Crippen LogP contribution in [0.25, 0.3) is 0 Å². The van der Waals surface area contributed by atoms with E-state index in [1.807, 2.05) is 12.1 Å². The van der Waals surface area contributed by atoms with E-state index in [2.05, 4.69) is 11.8 Å². The summed E-state index contributed by atoms with van der Waals surface area (Å²) in [6, 6.07) is 7.71. The largest absolute Gasteiger partial charge is 0.384 e. The van der Waals surface area contributed by atoms with Crippen LogP contribution in [-0.4, -0.2) is 11.7 Å². The summed E-state index contributed by atoms with van der Waals surface area (Å²) in [6.45, 7) is -0.156. The molecule has 5 heteroatoms. The summed E-state index contributed by atoms with van der Waals surface area (Å²) in [7, 11) is 0. The molecule has 0 saturated carbocycles. The smallest absolute Gasteiger partial charge is 0.159 e. The number of aliphatic hydroxyl groups is 1. The molecule has 1 nitrogen and oxygen atoms in total. The number of aliphatic hydroxyl groups excluding tert-OH is 1. The van der Waals surface area contributed by atoms with Crippen molar-refractivity contribution in [3.05, 3.63) is 51.7 Å². The van der Waals surface area contributed by atoms with Crippen LogP contribution in [0.5, 0.6) is 0 Å². The molecular weight excluding hydrogens is 286 g/mol. The Hall–Kier alpha value is -1.35. The molecule has 0 radical (unpaired) electrons. The van der Waals surface area contributed by atoms with Crippen LogP contribution >= 0.6 is 23.1 Å². The third-order valence-electron chi connectivity index (χ3n) is 2.22. The van der Waals surface area contributed by atoms with E-state index in [1.54, 1.807) is 6.07 Å². The van der Waals surface area contributed by atoms with E-state index < -0.39 is 11.6 Å². The molecule has 0 bridgehead atoms. The quantitative estimate of drug-likeness (QED) is 0.689. The Morgan fingerprint density at radius 1 is 1.16 bits per heavy atom. The molecule has 0 atom stereocenters. The Bertz CT molecular complexity index is 626. The van der Waals surface area contributed by atoms with E-state index in [4.69, 9.17) is 5.11 Å². The van der Waals surface area contributed by atoms with Gasteiger partial charge in [0.15, 0.2) is 11.6 Å². The third kappa shape index (κ3) is 4.06. The van der Waals surface area contributed by atoms with Crippen LogP contribution < -0.4 is 0 Å². The number of benzene rings is 1. The van der Waals surface area contributed by atoms with Crippen molar-refractivity contribution in [2.75, 3.05) is 6.61 Å². The fourth-order valence-corrected chi connectivity index (χ4v) is 3.22. The number of rotatable bonds is 3. The van der Waals surface area contributed by atoms with Crippen molar-refractivity contribution in [1.82, 2.24) is 0 Å². The first-order chi connectivity index (χ1) is 9.19. The molecule has 1 aromatic carbocycles. The molecule has 98 valence electrons. The fraction of sp³-hybridized carbons (Fsp3) is 0.143. The molecule has 0 aliphatic carbocycles. The van der Waals surface area contributed by atoms with Crippen molar-refractivity contribution >= 4 is 23.1 Å². The van der Waals surface area contributed by atoms with Gasteiger partial charge in [0.2, 0.25) is 0 Å². The van der Waals surface area contributed by atoms with Crippen LogP contribution in [0.4, 0.5) is 8.78 Å². The van der Waals surface area contributed by atoms with Crippen molar-refractivity contribution in [2.45, 2.75) is 10.6 Å². The molecule has 1 aromatic heterocycles. The lowest BCUT2D eigenvalue weighted by atomic mass is 10.3. The topological polar surface area (TPSA) is 20.2 Å². The van der Waals surface area contributed by atoms with Crippen molar-refractivity contribution < 1.29 is 13.9 Å². The minimum Gasteiger partial charge on any atom is -0.384 e. The van der Waals surface area contributed by atoms with E-state index >= 15 is 0 Å². The number of hydrogen-bond donors (Lipinski definition) is 1. The van der Waals surface area contributed by atoms with Gasteiger partial charge in [0.25, 0.3) is 0 Å². The Kier molecular flexibility index (Phi) is 4.97. The lowest BCUT2D eigenvalue weighted by molar-refractivity contribution is 0.350. The molecule has 0 fully saturated rings. The lowest BCUT2D eigenvalue weighted by Crippen LogP contribution is -1.83. The monoisotopic (exact) mass is 296 g/mol. The molecule has 19 heavy (non-hydrogen) atoms. The van der Waals surface area contributed by atoms with Gasteiger partial charge in [-0.1, -0.05) is 11.8 Å². The average Bonchev–Trinajstić information content (AvgIpc) is 2.86. The Morgan fingerprint density at radius 3 is 2.74 bits per heavy atom. The summed E-state index contributed by atoms with van der Waals surface area (Å²) in [5, 5.41) is 8.60. The zero-order valence-electron chi connectivity index (χ0n) is 9.82. The van der Waals surface area contributed by atoms with Gasteiger partial charge in [-0.15, -0.1) is 23.1 Å². The van der Waals surface area contributed by atoms with Gasteiger partial charge in [-0.3, -0.25) is 0 Å². The van der Waals surface area contributed by atoms with E-state index in [0.717, 1.165) is 15.8 Å². The second kappa shape index (κ2) is 6.71. The summed E-state index contributed by atoms with van der Waals surface area (Å²) in [4.78, 5) is 2.67. The molecular formula is C14H10F2OS2. The summed E-state index contributed by atoms with van der Waals surface area (Å²) < 4.78 is 25.8. The molecule has 0 saturated heterocycles. The fourth-order valence-electron chi connectivity index (χ4n) is 1.37.